The number of nitrogens with zero attached hydrogens (tertiary/aromatic N) is 5. The molecule has 9 heteroatoms. The number of aromatic amines is 2. The highest BCUT2D eigenvalue weighted by Crippen LogP contribution is 2.37. The molecule has 0 saturated heterocycles. The van der Waals surface area contributed by atoms with E-state index in [1.165, 1.54) is 0 Å². The van der Waals surface area contributed by atoms with Crippen LogP contribution in [0.15, 0.2) is 65.9 Å². The molecule has 2 aromatic heterocycles. The molecule has 1 amide bonds. The van der Waals surface area contributed by atoms with E-state index in [4.69, 9.17) is 15.0 Å². The molecule has 0 saturated carbocycles. The lowest BCUT2D eigenvalue weighted by Gasteiger charge is -2.32. The number of guanidine groups is 1. The van der Waals surface area contributed by atoms with Crippen molar-refractivity contribution in [3.05, 3.63) is 72.6 Å². The third-order valence-electron chi connectivity index (χ3n) is 9.52. The summed E-state index contributed by atoms with van der Waals surface area (Å²) >= 11 is 0. The first-order chi connectivity index (χ1) is 23.2. The zero-order chi connectivity index (χ0) is 37.2. The van der Waals surface area contributed by atoms with Gasteiger partial charge < -0.3 is 25.1 Å². The van der Waals surface area contributed by atoms with Crippen molar-refractivity contribution in [3.8, 4) is 33.6 Å². The Kier molecular flexibility index (Phi) is 11.4. The monoisotopic (exact) mass is 680 g/mol. The standard InChI is InChI=1S/C41H60N8O/c1-26(2)41(9,10)37(50)46-31(23-39(3,4)5)35-42-24-32(44-35)29-19-15-27(16-20-29)28-17-21-30(22-18-28)33-25-43-36(45-33)34(40(6,7)8)47-38(48(11)12)49(13)14/h15-22,24-26,31,34H,23H2,1-14H3,(H,42,44)(H,43,45)(H,46,50). The van der Waals surface area contributed by atoms with Crippen LogP contribution in [0.5, 0.6) is 0 Å². The average molecular weight is 681 g/mol. The number of hydrogen-bond donors (Lipinski definition) is 3. The Hall–Kier alpha value is -4.40. The molecule has 270 valence electrons. The van der Waals surface area contributed by atoms with Gasteiger partial charge in [0.05, 0.1) is 29.8 Å². The van der Waals surface area contributed by atoms with Crippen molar-refractivity contribution in [2.75, 3.05) is 28.2 Å². The highest BCUT2D eigenvalue weighted by Gasteiger charge is 2.35. The van der Waals surface area contributed by atoms with Crippen molar-refractivity contribution in [2.24, 2.45) is 27.2 Å². The molecule has 0 spiro atoms. The van der Waals surface area contributed by atoms with Gasteiger partial charge >= 0.3 is 0 Å². The fraction of sp³-hybridized carbons (Fsp3) is 0.512. The fourth-order valence-corrected chi connectivity index (χ4v) is 5.81. The van der Waals surface area contributed by atoms with Crippen LogP contribution in [0.3, 0.4) is 0 Å². The highest BCUT2D eigenvalue weighted by molar-refractivity contribution is 5.82. The normalized spacial score (nSPS) is 13.6. The van der Waals surface area contributed by atoms with Crippen LogP contribution in [0.4, 0.5) is 0 Å². The zero-order valence-electron chi connectivity index (χ0n) is 32.9. The average Bonchev–Trinajstić information content (AvgIpc) is 3.70. The van der Waals surface area contributed by atoms with Gasteiger partial charge in [-0.25, -0.2) is 15.0 Å². The first-order valence-corrected chi connectivity index (χ1v) is 17.7. The molecule has 9 nitrogen and oxygen atoms in total. The summed E-state index contributed by atoms with van der Waals surface area (Å²) in [6, 6.07) is 16.7. The molecule has 4 aromatic rings. The number of hydrogen-bond acceptors (Lipinski definition) is 4. The minimum absolute atomic E-state index is 0.00901. The molecule has 3 N–H and O–H groups in total. The summed E-state index contributed by atoms with van der Waals surface area (Å²) in [5.41, 5.74) is 5.66. The van der Waals surface area contributed by atoms with Gasteiger partial charge in [-0.3, -0.25) is 4.79 Å². The quantitative estimate of drug-likeness (QED) is 0.115. The molecule has 4 rings (SSSR count). The Morgan fingerprint density at radius 2 is 1.14 bits per heavy atom. The smallest absolute Gasteiger partial charge is 0.226 e. The molecular weight excluding hydrogens is 621 g/mol. The Morgan fingerprint density at radius 1 is 0.720 bits per heavy atom. The minimum Gasteiger partial charge on any atom is -0.349 e. The lowest BCUT2D eigenvalue weighted by Crippen LogP contribution is -2.43. The van der Waals surface area contributed by atoms with E-state index in [-0.39, 0.29) is 34.7 Å². The van der Waals surface area contributed by atoms with Crippen LogP contribution in [0.2, 0.25) is 0 Å². The molecule has 2 unspecified atom stereocenters. The number of benzene rings is 2. The third-order valence-corrected chi connectivity index (χ3v) is 9.52. The van der Waals surface area contributed by atoms with Gasteiger partial charge in [0, 0.05) is 33.6 Å². The maximum atomic E-state index is 13.3. The molecule has 0 aliphatic rings. The van der Waals surface area contributed by atoms with E-state index in [0.29, 0.717) is 0 Å². The number of amides is 1. The third kappa shape index (κ3) is 9.23. The molecule has 2 heterocycles. The van der Waals surface area contributed by atoms with Crippen LogP contribution in [0, 0.1) is 22.2 Å². The van der Waals surface area contributed by atoms with Crippen LogP contribution < -0.4 is 5.32 Å². The zero-order valence-corrected chi connectivity index (χ0v) is 32.9. The summed E-state index contributed by atoms with van der Waals surface area (Å²) in [6.07, 6.45) is 4.54. The van der Waals surface area contributed by atoms with Gasteiger partial charge in [0.2, 0.25) is 5.91 Å². The van der Waals surface area contributed by atoms with E-state index in [1.54, 1.807) is 0 Å². The van der Waals surface area contributed by atoms with E-state index in [1.807, 2.05) is 64.2 Å². The van der Waals surface area contributed by atoms with Gasteiger partial charge in [-0.15, -0.1) is 0 Å². The molecule has 0 fully saturated rings. The fourth-order valence-electron chi connectivity index (χ4n) is 5.81. The Bertz CT molecular complexity index is 1730. The maximum Gasteiger partial charge on any atom is 0.226 e. The summed E-state index contributed by atoms with van der Waals surface area (Å²) in [6.45, 7) is 21.3. The van der Waals surface area contributed by atoms with Gasteiger partial charge in [-0.05, 0) is 45.4 Å². The first-order valence-electron chi connectivity index (χ1n) is 17.7. The minimum atomic E-state index is -0.479. The van der Waals surface area contributed by atoms with Gasteiger partial charge in [0.1, 0.15) is 17.7 Å². The number of nitrogens with one attached hydrogen (secondary N) is 3. The first kappa shape index (κ1) is 38.4. The predicted molar refractivity (Wildman–Crippen MR) is 208 cm³/mol. The topological polar surface area (TPSA) is 105 Å². The van der Waals surface area contributed by atoms with Crippen molar-refractivity contribution in [2.45, 2.75) is 87.7 Å². The highest BCUT2D eigenvalue weighted by atomic mass is 16.2. The van der Waals surface area contributed by atoms with E-state index in [2.05, 4.69) is 119 Å². The van der Waals surface area contributed by atoms with Crippen LogP contribution in [0.25, 0.3) is 33.6 Å². The van der Waals surface area contributed by atoms with Crippen molar-refractivity contribution in [3.63, 3.8) is 0 Å². The molecule has 0 bridgehead atoms. The SMILES string of the molecule is CC(C)C(C)(C)C(=O)NC(CC(C)(C)C)c1ncc(-c2ccc(-c3ccc(-c4cnc(C(N=C(N(C)C)N(C)C)C(C)(C)C)[nH]4)cc3)cc2)[nH]1. The lowest BCUT2D eigenvalue weighted by atomic mass is 9.79. The maximum absolute atomic E-state index is 13.3. The second-order valence-corrected chi connectivity index (χ2v) is 17.2. The van der Waals surface area contributed by atoms with Gasteiger partial charge in [-0.2, -0.15) is 0 Å². The van der Waals surface area contributed by atoms with E-state index in [9.17, 15) is 4.79 Å². The number of imidazole rings is 2. The van der Waals surface area contributed by atoms with Crippen LogP contribution >= 0.6 is 0 Å². The van der Waals surface area contributed by atoms with Crippen LogP contribution in [0.1, 0.15) is 99.4 Å². The molecule has 2 atom stereocenters. The molecule has 0 aliphatic heterocycles. The number of aromatic nitrogens is 4. The van der Waals surface area contributed by atoms with Crippen molar-refractivity contribution in [1.82, 2.24) is 35.1 Å². The summed E-state index contributed by atoms with van der Waals surface area (Å²) < 4.78 is 0. The molecule has 50 heavy (non-hydrogen) atoms. The Balaban J connectivity index is 1.52. The Morgan fingerprint density at radius 3 is 1.54 bits per heavy atom. The van der Waals surface area contributed by atoms with Crippen LogP contribution in [-0.4, -0.2) is 69.8 Å². The molecule has 0 radical (unpaired) electrons. The Labute approximate surface area is 300 Å². The van der Waals surface area contributed by atoms with E-state index in [0.717, 1.165) is 57.7 Å². The number of carbonyl (C=O) groups excluding carboxylic acids is 1. The number of rotatable bonds is 10. The molecule has 0 aliphatic carbocycles. The predicted octanol–water partition coefficient (Wildman–Crippen LogP) is 8.98. The largest absolute Gasteiger partial charge is 0.349 e. The second kappa shape index (κ2) is 14.8. The summed E-state index contributed by atoms with van der Waals surface area (Å²) in [5, 5.41) is 3.30. The van der Waals surface area contributed by atoms with E-state index >= 15 is 0 Å². The molecule has 2 aromatic carbocycles. The van der Waals surface area contributed by atoms with Crippen molar-refractivity contribution in [1.29, 1.82) is 0 Å². The van der Waals surface area contributed by atoms with Gasteiger partial charge in [0.25, 0.3) is 0 Å². The van der Waals surface area contributed by atoms with Crippen molar-refractivity contribution < 1.29 is 4.79 Å². The summed E-state index contributed by atoms with van der Waals surface area (Å²) in [7, 11) is 8.04. The van der Waals surface area contributed by atoms with Gasteiger partial charge in [0.15, 0.2) is 5.96 Å². The van der Waals surface area contributed by atoms with E-state index < -0.39 is 5.41 Å². The molecular formula is C41H60N8O. The van der Waals surface area contributed by atoms with Gasteiger partial charge in [-0.1, -0.05) is 118 Å². The number of H-pyrrole nitrogens is 2. The second-order valence-electron chi connectivity index (χ2n) is 17.2. The summed E-state index contributed by atoms with van der Waals surface area (Å²) in [5.74, 6) is 2.78. The van der Waals surface area contributed by atoms with Crippen molar-refractivity contribution >= 4 is 11.9 Å². The van der Waals surface area contributed by atoms with Crippen LogP contribution in [-0.2, 0) is 4.79 Å². The summed E-state index contributed by atoms with van der Waals surface area (Å²) in [4.78, 5) is 39.1. The number of aliphatic imine (C=N–C) groups is 1. The lowest BCUT2D eigenvalue weighted by molar-refractivity contribution is -0.132. The number of carbonyl (C=O) groups is 1.